The van der Waals surface area contributed by atoms with Crippen LogP contribution in [-0.2, 0) is 6.54 Å². The molecule has 1 saturated carbocycles. The number of rotatable bonds is 3. The van der Waals surface area contributed by atoms with Crippen molar-refractivity contribution in [1.82, 2.24) is 14.7 Å². The first-order chi connectivity index (χ1) is 9.16. The molecule has 2 heterocycles. The molecule has 1 aliphatic carbocycles. The zero-order valence-electron chi connectivity index (χ0n) is 11.5. The molecule has 0 spiro atoms. The summed E-state index contributed by atoms with van der Waals surface area (Å²) in [5, 5.41) is 15.7. The quantitative estimate of drug-likeness (QED) is 0.907. The first-order valence-corrected chi connectivity index (χ1v) is 7.88. The average molecular weight is 279 g/mol. The molecule has 104 valence electrons. The molecule has 0 aromatic carbocycles. The van der Waals surface area contributed by atoms with Crippen LogP contribution in [0.1, 0.15) is 42.8 Å². The van der Waals surface area contributed by atoms with Crippen molar-refractivity contribution in [2.45, 2.75) is 58.2 Å². The van der Waals surface area contributed by atoms with Crippen molar-refractivity contribution in [3.63, 3.8) is 0 Å². The van der Waals surface area contributed by atoms with Crippen LogP contribution in [0, 0.1) is 13.8 Å². The van der Waals surface area contributed by atoms with Crippen molar-refractivity contribution in [1.29, 1.82) is 0 Å². The molecule has 1 aliphatic rings. The molecule has 0 radical (unpaired) electrons. The molecule has 5 heteroatoms. The smallest absolute Gasteiger partial charge is 0.194 e. The van der Waals surface area contributed by atoms with Gasteiger partial charge < -0.3 is 10.4 Å². The Morgan fingerprint density at radius 1 is 1.42 bits per heavy atom. The van der Waals surface area contributed by atoms with Gasteiger partial charge in [0.2, 0.25) is 0 Å². The number of thiazole rings is 1. The molecule has 19 heavy (non-hydrogen) atoms. The Kier molecular flexibility index (Phi) is 3.60. The van der Waals surface area contributed by atoms with Crippen LogP contribution in [-0.4, -0.2) is 26.6 Å². The Labute approximate surface area is 117 Å². The number of aliphatic hydroxyl groups excluding tert-OH is 1. The molecule has 0 bridgehead atoms. The summed E-state index contributed by atoms with van der Waals surface area (Å²) in [4.78, 5) is 5.66. The lowest BCUT2D eigenvalue weighted by Crippen LogP contribution is -2.41. The maximum absolute atomic E-state index is 10.0. The topological polar surface area (TPSA) is 49.6 Å². The first kappa shape index (κ1) is 13.1. The lowest BCUT2D eigenvalue weighted by molar-refractivity contribution is 0.0900. The van der Waals surface area contributed by atoms with Crippen molar-refractivity contribution < 1.29 is 5.11 Å². The van der Waals surface area contributed by atoms with Gasteiger partial charge in [0, 0.05) is 23.7 Å². The summed E-state index contributed by atoms with van der Waals surface area (Å²) >= 11 is 1.69. The van der Waals surface area contributed by atoms with Crippen LogP contribution in [0.4, 0.5) is 0 Å². The number of aliphatic hydroxyl groups is 1. The van der Waals surface area contributed by atoms with Gasteiger partial charge in [-0.1, -0.05) is 12.8 Å². The molecule has 2 unspecified atom stereocenters. The molecule has 0 aliphatic heterocycles. The third-order valence-electron chi connectivity index (χ3n) is 4.09. The molecule has 2 aromatic heterocycles. The van der Waals surface area contributed by atoms with Crippen LogP contribution < -0.4 is 5.32 Å². The van der Waals surface area contributed by atoms with Crippen molar-refractivity contribution in [2.75, 3.05) is 0 Å². The van der Waals surface area contributed by atoms with Crippen molar-refractivity contribution in [3.8, 4) is 0 Å². The summed E-state index contributed by atoms with van der Waals surface area (Å²) in [5.41, 5.74) is 3.56. The van der Waals surface area contributed by atoms with E-state index in [4.69, 9.17) is 0 Å². The number of aryl methyl sites for hydroxylation is 2. The maximum atomic E-state index is 10.0. The lowest BCUT2D eigenvalue weighted by atomic mass is 9.92. The van der Waals surface area contributed by atoms with Gasteiger partial charge >= 0.3 is 0 Å². The standard InChI is InChI=1S/C14H21N3OS/c1-9-8-19-14-16-10(2)12(17(9)14)7-15-11-5-3-4-6-13(11)18/h8,11,13,15,18H,3-7H2,1-2H3. The summed E-state index contributed by atoms with van der Waals surface area (Å²) in [6.07, 6.45) is 4.17. The highest BCUT2D eigenvalue weighted by molar-refractivity contribution is 7.15. The summed E-state index contributed by atoms with van der Waals surface area (Å²) in [6.45, 7) is 4.96. The van der Waals surface area contributed by atoms with Gasteiger partial charge in [0.15, 0.2) is 4.96 Å². The van der Waals surface area contributed by atoms with Crippen molar-refractivity contribution in [2.24, 2.45) is 0 Å². The Hall–Kier alpha value is -0.910. The van der Waals surface area contributed by atoms with Crippen molar-refractivity contribution >= 4 is 16.3 Å². The summed E-state index contributed by atoms with van der Waals surface area (Å²) < 4.78 is 2.22. The van der Waals surface area contributed by atoms with Crippen LogP contribution in [0.2, 0.25) is 0 Å². The van der Waals surface area contributed by atoms with E-state index in [1.807, 2.05) is 0 Å². The number of nitrogens with zero attached hydrogens (tertiary/aromatic N) is 2. The molecule has 2 N–H and O–H groups in total. The second kappa shape index (κ2) is 5.23. The minimum atomic E-state index is -0.193. The molecule has 2 aromatic rings. The fourth-order valence-electron chi connectivity index (χ4n) is 2.95. The Morgan fingerprint density at radius 2 is 2.21 bits per heavy atom. The maximum Gasteiger partial charge on any atom is 0.194 e. The van der Waals surface area contributed by atoms with E-state index in [-0.39, 0.29) is 12.1 Å². The highest BCUT2D eigenvalue weighted by Gasteiger charge is 2.23. The Bertz CT molecular complexity index is 575. The number of nitrogens with one attached hydrogen (secondary N) is 1. The largest absolute Gasteiger partial charge is 0.392 e. The molecule has 2 atom stereocenters. The van der Waals surface area contributed by atoms with E-state index in [0.29, 0.717) is 0 Å². The summed E-state index contributed by atoms with van der Waals surface area (Å²) in [7, 11) is 0. The van der Waals surface area contributed by atoms with E-state index in [2.05, 4.69) is 33.9 Å². The van der Waals surface area contributed by atoms with E-state index in [9.17, 15) is 5.11 Å². The fraction of sp³-hybridized carbons (Fsp3) is 0.643. The van der Waals surface area contributed by atoms with Crippen LogP contribution in [0.25, 0.3) is 4.96 Å². The average Bonchev–Trinajstić information content (AvgIpc) is 2.89. The van der Waals surface area contributed by atoms with Gasteiger partial charge in [-0.25, -0.2) is 4.98 Å². The minimum Gasteiger partial charge on any atom is -0.392 e. The highest BCUT2D eigenvalue weighted by Crippen LogP contribution is 2.22. The van der Waals surface area contributed by atoms with Gasteiger partial charge in [0.25, 0.3) is 0 Å². The monoisotopic (exact) mass is 279 g/mol. The third kappa shape index (κ3) is 2.42. The first-order valence-electron chi connectivity index (χ1n) is 7.00. The zero-order valence-corrected chi connectivity index (χ0v) is 12.3. The van der Waals surface area contributed by atoms with Gasteiger partial charge in [-0.15, -0.1) is 11.3 Å². The zero-order chi connectivity index (χ0) is 13.4. The fourth-order valence-corrected chi connectivity index (χ4v) is 3.88. The van der Waals surface area contributed by atoms with E-state index in [1.165, 1.54) is 17.8 Å². The number of imidazole rings is 1. The molecular weight excluding hydrogens is 258 g/mol. The Morgan fingerprint density at radius 3 is 3.00 bits per heavy atom. The lowest BCUT2D eigenvalue weighted by Gasteiger charge is -2.28. The van der Waals surface area contributed by atoms with Crippen molar-refractivity contribution in [3.05, 3.63) is 22.5 Å². The van der Waals surface area contributed by atoms with Gasteiger partial charge in [0.1, 0.15) is 0 Å². The summed E-state index contributed by atoms with van der Waals surface area (Å²) in [6, 6.07) is 0.234. The van der Waals surface area contributed by atoms with Gasteiger partial charge in [0.05, 0.1) is 17.5 Å². The molecule has 0 saturated heterocycles. The van der Waals surface area contributed by atoms with Gasteiger partial charge in [-0.2, -0.15) is 0 Å². The highest BCUT2D eigenvalue weighted by atomic mass is 32.1. The number of hydrogen-bond donors (Lipinski definition) is 2. The Balaban J connectivity index is 1.77. The molecule has 3 rings (SSSR count). The van der Waals surface area contributed by atoms with Crippen LogP contribution in [0.5, 0.6) is 0 Å². The number of hydrogen-bond acceptors (Lipinski definition) is 4. The van der Waals surface area contributed by atoms with E-state index in [1.54, 1.807) is 11.3 Å². The predicted molar refractivity (Wildman–Crippen MR) is 77.6 cm³/mol. The van der Waals surface area contributed by atoms with Gasteiger partial charge in [-0.05, 0) is 26.7 Å². The number of fused-ring (bicyclic) bond motifs is 1. The number of aromatic nitrogens is 2. The second-order valence-electron chi connectivity index (χ2n) is 5.48. The van der Waals surface area contributed by atoms with Crippen LogP contribution in [0.3, 0.4) is 0 Å². The second-order valence-corrected chi connectivity index (χ2v) is 6.31. The van der Waals surface area contributed by atoms with Crippen LogP contribution in [0.15, 0.2) is 5.38 Å². The minimum absolute atomic E-state index is 0.193. The van der Waals surface area contributed by atoms with E-state index < -0.39 is 0 Å². The molecule has 4 nitrogen and oxygen atoms in total. The van der Waals surface area contributed by atoms with E-state index >= 15 is 0 Å². The van der Waals surface area contributed by atoms with Gasteiger partial charge in [-0.3, -0.25) is 4.40 Å². The predicted octanol–water partition coefficient (Wildman–Crippen LogP) is 2.41. The normalized spacial score (nSPS) is 24.2. The SMILES string of the molecule is Cc1nc2scc(C)n2c1CNC1CCCCC1O. The summed E-state index contributed by atoms with van der Waals surface area (Å²) in [5.74, 6) is 0. The molecule has 0 amide bonds. The molecule has 1 fully saturated rings. The molecular formula is C14H21N3OS. The third-order valence-corrected chi connectivity index (χ3v) is 5.03. The van der Waals surface area contributed by atoms with E-state index in [0.717, 1.165) is 36.5 Å². The van der Waals surface area contributed by atoms with Crippen LogP contribution >= 0.6 is 11.3 Å².